The molecule has 1 N–H and O–H groups in total. The zero-order chi connectivity index (χ0) is 10.6. The van der Waals surface area contributed by atoms with Gasteiger partial charge in [0, 0.05) is 15.9 Å². The SMILES string of the molecule is O=C(O)/C=C/c1ccc(CBr)c(Br)c1. The molecule has 0 saturated heterocycles. The molecule has 0 bridgehead atoms. The highest BCUT2D eigenvalue weighted by Gasteiger charge is 1.98. The Morgan fingerprint density at radius 1 is 1.50 bits per heavy atom. The summed E-state index contributed by atoms with van der Waals surface area (Å²) in [6, 6.07) is 5.71. The molecule has 0 aromatic heterocycles. The first-order chi connectivity index (χ1) is 6.63. The normalized spacial score (nSPS) is 10.7. The fraction of sp³-hybridized carbons (Fsp3) is 0.100. The molecule has 2 nitrogen and oxygen atoms in total. The summed E-state index contributed by atoms with van der Waals surface area (Å²) in [5.41, 5.74) is 2.00. The van der Waals surface area contributed by atoms with Crippen molar-refractivity contribution in [1.29, 1.82) is 0 Å². The van der Waals surface area contributed by atoms with E-state index in [2.05, 4.69) is 31.9 Å². The van der Waals surface area contributed by atoms with E-state index in [4.69, 9.17) is 5.11 Å². The van der Waals surface area contributed by atoms with Crippen molar-refractivity contribution in [2.45, 2.75) is 5.33 Å². The van der Waals surface area contributed by atoms with Crippen molar-refractivity contribution in [2.24, 2.45) is 0 Å². The van der Waals surface area contributed by atoms with Gasteiger partial charge in [-0.1, -0.05) is 44.0 Å². The van der Waals surface area contributed by atoms with Crippen molar-refractivity contribution in [2.75, 3.05) is 0 Å². The van der Waals surface area contributed by atoms with Crippen molar-refractivity contribution in [3.63, 3.8) is 0 Å². The molecule has 1 aromatic carbocycles. The van der Waals surface area contributed by atoms with Crippen molar-refractivity contribution in [1.82, 2.24) is 0 Å². The molecule has 0 fully saturated rings. The Labute approximate surface area is 98.9 Å². The lowest BCUT2D eigenvalue weighted by atomic mass is 10.1. The highest BCUT2D eigenvalue weighted by Crippen LogP contribution is 2.21. The van der Waals surface area contributed by atoms with Crippen LogP contribution in [-0.4, -0.2) is 11.1 Å². The van der Waals surface area contributed by atoms with Crippen LogP contribution in [0.15, 0.2) is 28.7 Å². The molecule has 74 valence electrons. The fourth-order valence-electron chi connectivity index (χ4n) is 0.943. The van der Waals surface area contributed by atoms with Gasteiger partial charge in [-0.3, -0.25) is 0 Å². The summed E-state index contributed by atoms with van der Waals surface area (Å²) in [5, 5.41) is 9.21. The Morgan fingerprint density at radius 2 is 2.21 bits per heavy atom. The van der Waals surface area contributed by atoms with Gasteiger partial charge in [0.05, 0.1) is 0 Å². The van der Waals surface area contributed by atoms with Crippen molar-refractivity contribution >= 4 is 43.9 Å². The molecule has 0 atom stereocenters. The summed E-state index contributed by atoms with van der Waals surface area (Å²) in [6.45, 7) is 0. The first kappa shape index (κ1) is 11.5. The Balaban J connectivity index is 2.91. The summed E-state index contributed by atoms with van der Waals surface area (Å²) in [7, 11) is 0. The van der Waals surface area contributed by atoms with E-state index in [1.54, 1.807) is 6.08 Å². The third kappa shape index (κ3) is 3.27. The maximum Gasteiger partial charge on any atom is 0.328 e. The molecule has 0 saturated carbocycles. The smallest absolute Gasteiger partial charge is 0.328 e. The molecule has 0 spiro atoms. The van der Waals surface area contributed by atoms with E-state index >= 15 is 0 Å². The van der Waals surface area contributed by atoms with Crippen LogP contribution >= 0.6 is 31.9 Å². The maximum absolute atomic E-state index is 10.3. The van der Waals surface area contributed by atoms with Gasteiger partial charge in [-0.2, -0.15) is 0 Å². The largest absolute Gasteiger partial charge is 0.478 e. The number of carbonyl (C=O) groups is 1. The second kappa shape index (κ2) is 5.32. The van der Waals surface area contributed by atoms with Gasteiger partial charge >= 0.3 is 5.97 Å². The zero-order valence-corrected chi connectivity index (χ0v) is 10.4. The lowest BCUT2D eigenvalue weighted by molar-refractivity contribution is -0.131. The summed E-state index contributed by atoms with van der Waals surface area (Å²) < 4.78 is 0.974. The van der Waals surface area contributed by atoms with Gasteiger partial charge in [-0.25, -0.2) is 4.79 Å². The lowest BCUT2D eigenvalue weighted by Gasteiger charge is -2.00. The Hall–Kier alpha value is -0.610. The standard InChI is InChI=1S/C10H8Br2O2/c11-6-8-3-1-7(5-9(8)12)2-4-10(13)14/h1-5H,6H2,(H,13,14)/b4-2+. The summed E-state index contributed by atoms with van der Waals surface area (Å²) in [5.74, 6) is -0.939. The highest BCUT2D eigenvalue weighted by molar-refractivity contribution is 9.10. The highest BCUT2D eigenvalue weighted by atomic mass is 79.9. The van der Waals surface area contributed by atoms with Gasteiger partial charge in [0.25, 0.3) is 0 Å². The van der Waals surface area contributed by atoms with Gasteiger partial charge in [0.2, 0.25) is 0 Å². The Kier molecular flexibility index (Phi) is 4.35. The number of carboxylic acid groups (broad SMARTS) is 1. The maximum atomic E-state index is 10.3. The quantitative estimate of drug-likeness (QED) is 0.684. The number of benzene rings is 1. The van der Waals surface area contributed by atoms with E-state index in [0.29, 0.717) is 0 Å². The van der Waals surface area contributed by atoms with Crippen LogP contribution in [0.4, 0.5) is 0 Å². The minimum atomic E-state index is -0.939. The van der Waals surface area contributed by atoms with Crippen LogP contribution in [0.2, 0.25) is 0 Å². The molecule has 0 aliphatic carbocycles. The second-order valence-electron chi connectivity index (χ2n) is 2.66. The van der Waals surface area contributed by atoms with Gasteiger partial charge in [0.1, 0.15) is 0 Å². The fourth-order valence-corrected chi connectivity index (χ4v) is 2.34. The van der Waals surface area contributed by atoms with Gasteiger partial charge < -0.3 is 5.11 Å². The predicted octanol–water partition coefficient (Wildman–Crippen LogP) is 3.44. The monoisotopic (exact) mass is 318 g/mol. The van der Waals surface area contributed by atoms with Gasteiger partial charge in [-0.15, -0.1) is 0 Å². The molecular formula is C10H8Br2O2. The Bertz CT molecular complexity index is 372. The molecular weight excluding hydrogens is 312 g/mol. The molecule has 0 heterocycles. The van der Waals surface area contributed by atoms with Crippen molar-refractivity contribution in [3.8, 4) is 0 Å². The average molecular weight is 320 g/mol. The van der Waals surface area contributed by atoms with Crippen LogP contribution in [0.5, 0.6) is 0 Å². The number of rotatable bonds is 3. The van der Waals surface area contributed by atoms with Crippen LogP contribution in [-0.2, 0) is 10.1 Å². The predicted molar refractivity (Wildman–Crippen MR) is 63.4 cm³/mol. The third-order valence-corrected chi connectivity index (χ3v) is 2.98. The van der Waals surface area contributed by atoms with E-state index in [1.807, 2.05) is 18.2 Å². The third-order valence-electron chi connectivity index (χ3n) is 1.64. The first-order valence-corrected chi connectivity index (χ1v) is 5.80. The molecule has 1 aromatic rings. The summed E-state index contributed by atoms with van der Waals surface area (Å²) in [4.78, 5) is 10.3. The average Bonchev–Trinajstić information content (AvgIpc) is 2.15. The Morgan fingerprint density at radius 3 is 2.71 bits per heavy atom. The number of alkyl halides is 1. The van der Waals surface area contributed by atoms with Crippen LogP contribution in [0.3, 0.4) is 0 Å². The van der Waals surface area contributed by atoms with E-state index < -0.39 is 5.97 Å². The van der Waals surface area contributed by atoms with Crippen molar-refractivity contribution in [3.05, 3.63) is 39.9 Å². The van der Waals surface area contributed by atoms with Gasteiger partial charge in [0.15, 0.2) is 0 Å². The molecule has 0 radical (unpaired) electrons. The number of aliphatic carboxylic acids is 1. The molecule has 0 aliphatic rings. The molecule has 0 amide bonds. The lowest BCUT2D eigenvalue weighted by Crippen LogP contribution is -1.86. The van der Waals surface area contributed by atoms with Crippen molar-refractivity contribution < 1.29 is 9.90 Å². The molecule has 4 heteroatoms. The minimum Gasteiger partial charge on any atom is -0.478 e. The van der Waals surface area contributed by atoms with Crippen LogP contribution in [0, 0.1) is 0 Å². The molecule has 14 heavy (non-hydrogen) atoms. The van der Waals surface area contributed by atoms with Crippen LogP contribution in [0.25, 0.3) is 6.08 Å². The van der Waals surface area contributed by atoms with E-state index in [0.717, 1.165) is 27.0 Å². The summed E-state index contributed by atoms with van der Waals surface area (Å²) >= 11 is 6.76. The topological polar surface area (TPSA) is 37.3 Å². The van der Waals surface area contributed by atoms with Gasteiger partial charge in [-0.05, 0) is 23.3 Å². The zero-order valence-electron chi connectivity index (χ0n) is 7.21. The number of hydrogen-bond acceptors (Lipinski definition) is 1. The number of carboxylic acids is 1. The molecule has 1 rings (SSSR count). The van der Waals surface area contributed by atoms with E-state index in [9.17, 15) is 4.79 Å². The summed E-state index contributed by atoms with van der Waals surface area (Å²) in [6.07, 6.45) is 2.68. The van der Waals surface area contributed by atoms with E-state index in [-0.39, 0.29) is 0 Å². The number of hydrogen-bond donors (Lipinski definition) is 1. The molecule has 0 unspecified atom stereocenters. The minimum absolute atomic E-state index is 0.774. The number of halogens is 2. The van der Waals surface area contributed by atoms with Crippen LogP contribution < -0.4 is 0 Å². The first-order valence-electron chi connectivity index (χ1n) is 3.89. The van der Waals surface area contributed by atoms with Crippen LogP contribution in [0.1, 0.15) is 11.1 Å². The second-order valence-corrected chi connectivity index (χ2v) is 4.07. The van der Waals surface area contributed by atoms with E-state index in [1.165, 1.54) is 0 Å². The molecule has 0 aliphatic heterocycles.